The third-order valence-electron chi connectivity index (χ3n) is 1.93. The molecule has 0 N–H and O–H groups in total. The fourth-order valence-electron chi connectivity index (χ4n) is 1.19. The first-order valence-electron chi connectivity index (χ1n) is 4.94. The Kier molecular flexibility index (Phi) is 33.7. The zero-order valence-corrected chi connectivity index (χ0v) is 16.2. The smallest absolute Gasteiger partial charge is 0.854 e. The van der Waals surface area contributed by atoms with Gasteiger partial charge in [0.05, 0.1) is 0 Å². The van der Waals surface area contributed by atoms with E-state index in [2.05, 4.69) is 13.0 Å². The molecule has 0 aromatic heterocycles. The molecule has 0 heterocycles. The molecule has 71 valence electrons. The molecule has 0 aliphatic carbocycles. The van der Waals surface area contributed by atoms with E-state index in [0.717, 1.165) is 19.3 Å². The van der Waals surface area contributed by atoms with Gasteiger partial charge in [0.25, 0.3) is 0 Å². The van der Waals surface area contributed by atoms with Gasteiger partial charge in [-0.05, 0) is 19.8 Å². The predicted molar refractivity (Wildman–Crippen MR) is 51.7 cm³/mol. The summed E-state index contributed by atoms with van der Waals surface area (Å²) in [6.45, 7) is 3.73. The van der Waals surface area contributed by atoms with Gasteiger partial charge in [-0.2, -0.15) is 0 Å². The summed E-state index contributed by atoms with van der Waals surface area (Å²) < 4.78 is 0. The number of allylic oxidation sites excluding steroid dienone is 2. The minimum Gasteiger partial charge on any atom is -0.854 e. The van der Waals surface area contributed by atoms with Crippen LogP contribution in [-0.4, -0.2) is 6.61 Å². The van der Waals surface area contributed by atoms with Crippen molar-refractivity contribution in [2.75, 3.05) is 6.61 Å². The van der Waals surface area contributed by atoms with Crippen LogP contribution in [-0.2, 0) is 0 Å². The van der Waals surface area contributed by atoms with Crippen molar-refractivity contribution in [2.45, 2.75) is 44.9 Å². The monoisotopic (exact) mass is 246 g/mol. The van der Waals surface area contributed by atoms with E-state index in [4.69, 9.17) is 0 Å². The van der Waals surface area contributed by atoms with Crippen molar-refractivity contribution in [1.29, 1.82) is 0 Å². The number of hydrogen-bond acceptors (Lipinski definition) is 1. The van der Waals surface area contributed by atoms with Gasteiger partial charge in [0, 0.05) is 0 Å². The van der Waals surface area contributed by atoms with Crippen LogP contribution in [0, 0.1) is 6.92 Å². The molecule has 0 rings (SSSR count). The second kappa shape index (κ2) is 21.3. The van der Waals surface area contributed by atoms with Crippen molar-refractivity contribution in [3.63, 3.8) is 0 Å². The van der Waals surface area contributed by atoms with E-state index in [9.17, 15) is 5.11 Å². The van der Waals surface area contributed by atoms with Crippen LogP contribution in [0.25, 0.3) is 0 Å². The number of hydrogen-bond donors (Lipinski definition) is 0. The second-order valence-electron chi connectivity index (χ2n) is 3.09. The second-order valence-corrected chi connectivity index (χ2v) is 3.09. The summed E-state index contributed by atoms with van der Waals surface area (Å²) in [5.41, 5.74) is 0. The van der Waals surface area contributed by atoms with Gasteiger partial charge >= 0.3 is 103 Å². The van der Waals surface area contributed by atoms with Crippen LogP contribution in [0.3, 0.4) is 0 Å². The quantitative estimate of drug-likeness (QED) is 0.322. The van der Waals surface area contributed by atoms with Gasteiger partial charge in [-0.15, -0.1) is 6.61 Å². The van der Waals surface area contributed by atoms with Crippen LogP contribution < -0.4 is 108 Å². The van der Waals surface area contributed by atoms with Gasteiger partial charge in [-0.1, -0.05) is 44.3 Å². The Morgan fingerprint density at radius 1 is 0.857 bits per heavy atom. The first-order chi connectivity index (χ1) is 5.91. The summed E-state index contributed by atoms with van der Waals surface area (Å²) in [6.07, 6.45) is 12.2. The third-order valence-corrected chi connectivity index (χ3v) is 1.93. The summed E-state index contributed by atoms with van der Waals surface area (Å²) in [7, 11) is 0. The molecule has 0 aliphatic rings. The van der Waals surface area contributed by atoms with Crippen LogP contribution in [0.5, 0.6) is 0 Å². The van der Waals surface area contributed by atoms with E-state index in [-0.39, 0.29) is 109 Å². The maximum atomic E-state index is 10.1. The molecule has 3 heteroatoms. The summed E-state index contributed by atoms with van der Waals surface area (Å²) in [4.78, 5) is 0. The van der Waals surface area contributed by atoms with E-state index < -0.39 is 0 Å². The molecule has 0 unspecified atom stereocenters. The normalized spacial score (nSPS) is 9.57. The van der Waals surface area contributed by atoms with Gasteiger partial charge in [0.15, 0.2) is 0 Å². The fourth-order valence-corrected chi connectivity index (χ4v) is 1.19. The Bertz CT molecular complexity index is 105. The largest absolute Gasteiger partial charge is 1.00 e. The van der Waals surface area contributed by atoms with Gasteiger partial charge in [-0.25, -0.2) is 0 Å². The Morgan fingerprint density at radius 2 is 1.36 bits per heavy atom. The topological polar surface area (TPSA) is 23.1 Å². The van der Waals surface area contributed by atoms with E-state index in [1.807, 2.05) is 6.08 Å². The van der Waals surface area contributed by atoms with E-state index in [0.29, 0.717) is 0 Å². The van der Waals surface area contributed by atoms with Crippen molar-refractivity contribution >= 4 is 0 Å². The van der Waals surface area contributed by atoms with Gasteiger partial charge in [0.1, 0.15) is 0 Å². The molecule has 0 aliphatic heterocycles. The molecular formula is C11H20K2O+. The molecule has 0 amide bonds. The van der Waals surface area contributed by atoms with Gasteiger partial charge in [0.2, 0.25) is 0 Å². The van der Waals surface area contributed by atoms with Gasteiger partial charge < -0.3 is 5.11 Å². The molecule has 0 fully saturated rings. The Morgan fingerprint density at radius 3 is 1.86 bits per heavy atom. The first kappa shape index (κ1) is 22.2. The number of unbranched alkanes of at least 4 members (excludes halogenated alkanes) is 6. The minimum absolute atomic E-state index is 0. The Hall–Kier alpha value is 2.97. The average Bonchev–Trinajstić information content (AvgIpc) is 2.10. The summed E-state index contributed by atoms with van der Waals surface area (Å²) in [5, 5.41) is 10.1. The minimum atomic E-state index is 0. The molecule has 1 radical (unpaired) electrons. The van der Waals surface area contributed by atoms with Crippen molar-refractivity contribution in [3.05, 3.63) is 19.1 Å². The zero-order chi connectivity index (χ0) is 9.07. The Labute approximate surface area is 174 Å². The van der Waals surface area contributed by atoms with E-state index in [1.165, 1.54) is 25.7 Å². The van der Waals surface area contributed by atoms with Crippen molar-refractivity contribution < 1.29 is 108 Å². The maximum absolute atomic E-state index is 10.1. The van der Waals surface area contributed by atoms with Crippen LogP contribution in [0.15, 0.2) is 12.2 Å². The summed E-state index contributed by atoms with van der Waals surface area (Å²) >= 11 is 0. The van der Waals surface area contributed by atoms with Crippen LogP contribution >= 0.6 is 0 Å². The van der Waals surface area contributed by atoms with Gasteiger partial charge in [-0.3, -0.25) is 0 Å². The molecule has 0 spiro atoms. The Balaban J connectivity index is -0.000000605. The first-order valence-corrected chi connectivity index (χ1v) is 4.94. The van der Waals surface area contributed by atoms with Crippen LogP contribution in [0.2, 0.25) is 0 Å². The number of rotatable bonds is 8. The molecule has 1 nitrogen and oxygen atoms in total. The molecular weight excluding hydrogens is 226 g/mol. The van der Waals surface area contributed by atoms with E-state index >= 15 is 0 Å². The van der Waals surface area contributed by atoms with E-state index in [1.54, 1.807) is 0 Å². The molecule has 0 aromatic carbocycles. The van der Waals surface area contributed by atoms with Crippen molar-refractivity contribution in [2.24, 2.45) is 0 Å². The van der Waals surface area contributed by atoms with Crippen molar-refractivity contribution in [3.8, 4) is 0 Å². The molecule has 0 saturated carbocycles. The van der Waals surface area contributed by atoms with Crippen LogP contribution in [0.1, 0.15) is 44.9 Å². The predicted octanol–water partition coefficient (Wildman–Crippen LogP) is -3.52. The fraction of sp³-hybridized carbons (Fsp3) is 0.727. The maximum Gasteiger partial charge on any atom is 1.00 e. The molecule has 0 saturated heterocycles. The third kappa shape index (κ3) is 20.4. The van der Waals surface area contributed by atoms with Crippen molar-refractivity contribution in [1.82, 2.24) is 0 Å². The standard InChI is InChI=1S/C11H20O.2K/c1-2-3-4-5-6-7-8-9-10-11-12;;/h2-3H,1,4-11H2;;/q-1;2*+1/b3-2-;;. The summed E-state index contributed by atoms with van der Waals surface area (Å²) in [5.74, 6) is 0. The molecule has 14 heavy (non-hydrogen) atoms. The molecule has 0 atom stereocenters. The van der Waals surface area contributed by atoms with Crippen LogP contribution in [0.4, 0.5) is 0 Å². The average molecular weight is 246 g/mol. The zero-order valence-electron chi connectivity index (χ0n) is 9.93. The summed E-state index contributed by atoms with van der Waals surface area (Å²) in [6, 6.07) is 0. The SMILES string of the molecule is [CH2]/C=C\CCCCCCCC[O-].[K+].[K+]. The molecule has 0 aromatic rings. The molecule has 0 bridgehead atoms.